The number of nitrogens with zero attached hydrogens (tertiary/aromatic N) is 4. The Hall–Kier alpha value is -1.18. The fourth-order valence-electron chi connectivity index (χ4n) is 3.85. The van der Waals surface area contributed by atoms with Crippen LogP contribution in [-0.4, -0.2) is 78.2 Å². The van der Waals surface area contributed by atoms with Crippen LogP contribution in [0.15, 0.2) is 11.6 Å². The fourth-order valence-corrected chi connectivity index (χ4v) is 4.51. The average molecular weight is 322 g/mol. The normalized spacial score (nSPS) is 29.1. The summed E-state index contributed by atoms with van der Waals surface area (Å²) in [6.07, 6.45) is 1.87. The first-order valence-electron chi connectivity index (χ1n) is 8.02. The Morgan fingerprint density at radius 3 is 2.55 bits per heavy atom. The SMILES string of the molecule is O=C(N1CCOCC1)N1C[C@H]2CN(Cc3nccs3)C[C@H]2C1. The number of thiazole rings is 1. The minimum Gasteiger partial charge on any atom is -0.378 e. The van der Waals surface area contributed by atoms with Gasteiger partial charge in [0.25, 0.3) is 0 Å². The number of fused-ring (bicyclic) bond motifs is 1. The molecule has 0 saturated carbocycles. The van der Waals surface area contributed by atoms with Crippen molar-refractivity contribution in [3.05, 3.63) is 16.6 Å². The van der Waals surface area contributed by atoms with Crippen LogP contribution in [0.25, 0.3) is 0 Å². The van der Waals surface area contributed by atoms with Gasteiger partial charge in [0.2, 0.25) is 0 Å². The minimum absolute atomic E-state index is 0.212. The van der Waals surface area contributed by atoms with E-state index in [1.54, 1.807) is 11.3 Å². The van der Waals surface area contributed by atoms with Crippen LogP contribution < -0.4 is 0 Å². The van der Waals surface area contributed by atoms with E-state index in [9.17, 15) is 4.79 Å². The van der Waals surface area contributed by atoms with Gasteiger partial charge < -0.3 is 14.5 Å². The summed E-state index contributed by atoms with van der Waals surface area (Å²) in [5, 5.41) is 3.23. The largest absolute Gasteiger partial charge is 0.378 e. The number of morpholine rings is 1. The molecule has 120 valence electrons. The van der Waals surface area contributed by atoms with E-state index in [-0.39, 0.29) is 6.03 Å². The van der Waals surface area contributed by atoms with Gasteiger partial charge in [0.1, 0.15) is 5.01 Å². The van der Waals surface area contributed by atoms with Crippen molar-refractivity contribution in [3.8, 4) is 0 Å². The number of carbonyl (C=O) groups is 1. The lowest BCUT2D eigenvalue weighted by molar-refractivity contribution is 0.0443. The third kappa shape index (κ3) is 2.85. The van der Waals surface area contributed by atoms with Gasteiger partial charge in [0, 0.05) is 50.8 Å². The third-order valence-corrected chi connectivity index (χ3v) is 5.72. The highest BCUT2D eigenvalue weighted by Gasteiger charge is 2.42. The van der Waals surface area contributed by atoms with Crippen LogP contribution >= 0.6 is 11.3 Å². The smallest absolute Gasteiger partial charge is 0.320 e. The van der Waals surface area contributed by atoms with Crippen LogP contribution in [0, 0.1) is 11.8 Å². The van der Waals surface area contributed by atoms with Crippen molar-refractivity contribution >= 4 is 17.4 Å². The number of ether oxygens (including phenoxy) is 1. The second-order valence-electron chi connectivity index (χ2n) is 6.43. The predicted octanol–water partition coefficient (Wildman–Crippen LogP) is 0.959. The zero-order chi connectivity index (χ0) is 14.9. The molecule has 6 nitrogen and oxygen atoms in total. The molecule has 3 aliphatic rings. The fraction of sp³-hybridized carbons (Fsp3) is 0.733. The van der Waals surface area contributed by atoms with E-state index in [4.69, 9.17) is 4.74 Å². The lowest BCUT2D eigenvalue weighted by Gasteiger charge is -2.31. The number of likely N-dealkylation sites (tertiary alicyclic amines) is 2. The van der Waals surface area contributed by atoms with E-state index in [0.29, 0.717) is 25.0 Å². The van der Waals surface area contributed by atoms with Gasteiger partial charge in [-0.15, -0.1) is 11.3 Å². The topological polar surface area (TPSA) is 48.9 Å². The molecular formula is C15H22N4O2S. The monoisotopic (exact) mass is 322 g/mol. The van der Waals surface area contributed by atoms with Crippen molar-refractivity contribution in [2.24, 2.45) is 11.8 Å². The number of amides is 2. The van der Waals surface area contributed by atoms with E-state index >= 15 is 0 Å². The van der Waals surface area contributed by atoms with Crippen LogP contribution in [0.2, 0.25) is 0 Å². The molecule has 0 unspecified atom stereocenters. The van der Waals surface area contributed by atoms with E-state index in [1.807, 2.05) is 16.5 Å². The number of hydrogen-bond donors (Lipinski definition) is 0. The maximum Gasteiger partial charge on any atom is 0.320 e. The molecule has 4 rings (SSSR count). The Kier molecular flexibility index (Phi) is 4.02. The molecule has 2 amide bonds. The van der Waals surface area contributed by atoms with Crippen molar-refractivity contribution in [2.45, 2.75) is 6.54 Å². The van der Waals surface area contributed by atoms with Gasteiger partial charge in [0.05, 0.1) is 19.8 Å². The summed E-state index contributed by atoms with van der Waals surface area (Å²) >= 11 is 1.73. The van der Waals surface area contributed by atoms with Crippen molar-refractivity contribution in [1.29, 1.82) is 0 Å². The van der Waals surface area contributed by atoms with Crippen molar-refractivity contribution in [2.75, 3.05) is 52.5 Å². The number of urea groups is 1. The molecule has 0 spiro atoms. The molecule has 2 atom stereocenters. The Morgan fingerprint density at radius 2 is 1.91 bits per heavy atom. The molecule has 0 N–H and O–H groups in total. The summed E-state index contributed by atoms with van der Waals surface area (Å²) in [5.74, 6) is 1.26. The summed E-state index contributed by atoms with van der Waals surface area (Å²) in [6, 6.07) is 0.212. The van der Waals surface area contributed by atoms with Crippen LogP contribution in [0.5, 0.6) is 0 Å². The predicted molar refractivity (Wildman–Crippen MR) is 83.7 cm³/mol. The first kappa shape index (κ1) is 14.4. The Balaban J connectivity index is 1.30. The summed E-state index contributed by atoms with van der Waals surface area (Å²) in [6.45, 7) is 7.80. The molecule has 0 aromatic carbocycles. The lowest BCUT2D eigenvalue weighted by atomic mass is 10.0. The molecule has 3 saturated heterocycles. The minimum atomic E-state index is 0.212. The first-order valence-corrected chi connectivity index (χ1v) is 8.90. The maximum atomic E-state index is 12.5. The van der Waals surface area contributed by atoms with Gasteiger partial charge in [-0.3, -0.25) is 4.90 Å². The molecule has 4 heterocycles. The second kappa shape index (κ2) is 6.14. The Bertz CT molecular complexity index is 504. The second-order valence-corrected chi connectivity index (χ2v) is 7.41. The van der Waals surface area contributed by atoms with Gasteiger partial charge in [0.15, 0.2) is 0 Å². The molecule has 3 aliphatic heterocycles. The average Bonchev–Trinajstić information content (AvgIpc) is 3.24. The number of hydrogen-bond acceptors (Lipinski definition) is 5. The van der Waals surface area contributed by atoms with Crippen LogP contribution in [0.3, 0.4) is 0 Å². The van der Waals surface area contributed by atoms with Crippen molar-refractivity contribution in [1.82, 2.24) is 19.7 Å². The van der Waals surface area contributed by atoms with Gasteiger partial charge in [-0.05, 0) is 11.8 Å². The molecule has 22 heavy (non-hydrogen) atoms. The summed E-state index contributed by atoms with van der Waals surface area (Å²) < 4.78 is 5.33. The first-order chi connectivity index (χ1) is 10.8. The third-order valence-electron chi connectivity index (χ3n) is 4.96. The van der Waals surface area contributed by atoms with Crippen LogP contribution in [-0.2, 0) is 11.3 Å². The highest BCUT2D eigenvalue weighted by Crippen LogP contribution is 2.32. The van der Waals surface area contributed by atoms with Gasteiger partial charge in [-0.1, -0.05) is 0 Å². The molecule has 0 aliphatic carbocycles. The van der Waals surface area contributed by atoms with Gasteiger partial charge in [-0.2, -0.15) is 0 Å². The molecule has 3 fully saturated rings. The molecule has 1 aromatic heterocycles. The highest BCUT2D eigenvalue weighted by atomic mass is 32.1. The van der Waals surface area contributed by atoms with Crippen molar-refractivity contribution in [3.63, 3.8) is 0 Å². The molecule has 7 heteroatoms. The standard InChI is InChI=1S/C15H22N4O2S/c20-15(18-2-4-21-5-3-18)19-9-12-7-17(8-13(12)10-19)11-14-16-1-6-22-14/h1,6,12-13H,2-5,7-11H2/t12-,13+. The van der Waals surface area contributed by atoms with E-state index in [0.717, 1.165) is 45.8 Å². The zero-order valence-electron chi connectivity index (χ0n) is 12.7. The summed E-state index contributed by atoms with van der Waals surface area (Å²) in [5.41, 5.74) is 0. The van der Waals surface area contributed by atoms with Crippen molar-refractivity contribution < 1.29 is 9.53 Å². The lowest BCUT2D eigenvalue weighted by Crippen LogP contribution is -2.48. The van der Waals surface area contributed by atoms with Crippen LogP contribution in [0.4, 0.5) is 4.79 Å². The number of aromatic nitrogens is 1. The Morgan fingerprint density at radius 1 is 1.18 bits per heavy atom. The molecule has 0 bridgehead atoms. The highest BCUT2D eigenvalue weighted by molar-refractivity contribution is 7.09. The molecular weight excluding hydrogens is 300 g/mol. The Labute approximate surface area is 134 Å². The summed E-state index contributed by atoms with van der Waals surface area (Å²) in [7, 11) is 0. The van der Waals surface area contributed by atoms with Gasteiger partial charge >= 0.3 is 6.03 Å². The summed E-state index contributed by atoms with van der Waals surface area (Å²) in [4.78, 5) is 23.4. The zero-order valence-corrected chi connectivity index (χ0v) is 13.5. The molecule has 1 aromatic rings. The number of carbonyl (C=O) groups excluding carboxylic acids is 1. The maximum absolute atomic E-state index is 12.5. The number of rotatable bonds is 2. The quantitative estimate of drug-likeness (QED) is 0.814. The van der Waals surface area contributed by atoms with Gasteiger partial charge in [-0.25, -0.2) is 9.78 Å². The molecule has 0 radical (unpaired) electrons. The van der Waals surface area contributed by atoms with Crippen LogP contribution in [0.1, 0.15) is 5.01 Å². The van der Waals surface area contributed by atoms with E-state index < -0.39 is 0 Å². The van der Waals surface area contributed by atoms with E-state index in [2.05, 4.69) is 14.8 Å². The van der Waals surface area contributed by atoms with E-state index in [1.165, 1.54) is 5.01 Å².